The van der Waals surface area contributed by atoms with E-state index in [1.54, 1.807) is 13.0 Å². The molecule has 1 aromatic rings. The lowest BCUT2D eigenvalue weighted by Gasteiger charge is -2.12. The third kappa shape index (κ3) is 3.04. The van der Waals surface area contributed by atoms with Crippen LogP contribution in [0.15, 0.2) is 22.7 Å². The van der Waals surface area contributed by atoms with E-state index in [9.17, 15) is 4.79 Å². The molecule has 3 nitrogen and oxygen atoms in total. The molecule has 0 radical (unpaired) electrons. The fourth-order valence-corrected chi connectivity index (χ4v) is 1.57. The number of aliphatic hydroxyl groups is 1. The summed E-state index contributed by atoms with van der Waals surface area (Å²) in [6.07, 6.45) is 0. The molecule has 0 fully saturated rings. The quantitative estimate of drug-likeness (QED) is 0.882. The van der Waals surface area contributed by atoms with Crippen LogP contribution in [0.2, 0.25) is 0 Å². The predicted octanol–water partition coefficient (Wildman–Crippen LogP) is 1.87. The minimum absolute atomic E-state index is 0.0568. The molecule has 2 N–H and O–H groups in total. The SMILES string of the molecule is Cc1c(Br)cccc1C(=O)N[C@@H](C)CO. The van der Waals surface area contributed by atoms with Crippen LogP contribution in [-0.2, 0) is 0 Å². The van der Waals surface area contributed by atoms with Crippen LogP contribution >= 0.6 is 15.9 Å². The van der Waals surface area contributed by atoms with Crippen molar-refractivity contribution in [2.75, 3.05) is 6.61 Å². The second-order valence-corrected chi connectivity index (χ2v) is 4.32. The van der Waals surface area contributed by atoms with Gasteiger partial charge in [-0.15, -0.1) is 0 Å². The summed E-state index contributed by atoms with van der Waals surface area (Å²) >= 11 is 3.37. The Morgan fingerprint density at radius 1 is 1.60 bits per heavy atom. The van der Waals surface area contributed by atoms with Gasteiger partial charge in [0, 0.05) is 16.1 Å². The molecule has 0 bridgehead atoms. The monoisotopic (exact) mass is 271 g/mol. The van der Waals surface area contributed by atoms with Crippen molar-refractivity contribution in [1.82, 2.24) is 5.32 Å². The van der Waals surface area contributed by atoms with Gasteiger partial charge in [0.15, 0.2) is 0 Å². The topological polar surface area (TPSA) is 49.3 Å². The summed E-state index contributed by atoms with van der Waals surface area (Å²) in [4.78, 5) is 11.7. The summed E-state index contributed by atoms with van der Waals surface area (Å²) in [7, 11) is 0. The molecule has 15 heavy (non-hydrogen) atoms. The minimum Gasteiger partial charge on any atom is -0.394 e. The molecule has 1 atom stereocenters. The number of aliphatic hydroxyl groups excluding tert-OH is 1. The van der Waals surface area contributed by atoms with Crippen molar-refractivity contribution >= 4 is 21.8 Å². The van der Waals surface area contributed by atoms with E-state index in [-0.39, 0.29) is 18.6 Å². The first-order valence-electron chi connectivity index (χ1n) is 4.73. The maximum absolute atomic E-state index is 11.7. The number of hydrogen-bond donors (Lipinski definition) is 2. The van der Waals surface area contributed by atoms with Crippen molar-refractivity contribution in [2.24, 2.45) is 0 Å². The smallest absolute Gasteiger partial charge is 0.251 e. The largest absolute Gasteiger partial charge is 0.394 e. The molecule has 0 saturated heterocycles. The molecular formula is C11H14BrNO2. The average molecular weight is 272 g/mol. The highest BCUT2D eigenvalue weighted by molar-refractivity contribution is 9.10. The maximum Gasteiger partial charge on any atom is 0.251 e. The Kier molecular flexibility index (Phi) is 4.29. The third-order valence-electron chi connectivity index (χ3n) is 2.16. The van der Waals surface area contributed by atoms with E-state index >= 15 is 0 Å². The van der Waals surface area contributed by atoms with Gasteiger partial charge in [-0.1, -0.05) is 22.0 Å². The summed E-state index contributed by atoms with van der Waals surface area (Å²) in [6, 6.07) is 5.24. The Morgan fingerprint density at radius 2 is 2.27 bits per heavy atom. The number of carbonyl (C=O) groups is 1. The first kappa shape index (κ1) is 12.2. The number of rotatable bonds is 3. The Morgan fingerprint density at radius 3 is 2.87 bits per heavy atom. The van der Waals surface area contributed by atoms with Crippen LogP contribution in [0.3, 0.4) is 0 Å². The Bertz CT molecular complexity index is 366. The number of amides is 1. The number of nitrogens with one attached hydrogen (secondary N) is 1. The van der Waals surface area contributed by atoms with Crippen LogP contribution in [0.25, 0.3) is 0 Å². The van der Waals surface area contributed by atoms with Crippen LogP contribution < -0.4 is 5.32 Å². The fourth-order valence-electron chi connectivity index (χ4n) is 1.20. The average Bonchev–Trinajstić information content (AvgIpc) is 2.21. The number of benzene rings is 1. The van der Waals surface area contributed by atoms with Crippen LogP contribution in [0.5, 0.6) is 0 Å². The second-order valence-electron chi connectivity index (χ2n) is 3.47. The molecule has 1 aromatic carbocycles. The molecule has 0 saturated carbocycles. The van der Waals surface area contributed by atoms with E-state index in [2.05, 4.69) is 21.2 Å². The van der Waals surface area contributed by atoms with E-state index in [0.29, 0.717) is 5.56 Å². The molecule has 0 aliphatic rings. The number of carbonyl (C=O) groups excluding carboxylic acids is 1. The fraction of sp³-hybridized carbons (Fsp3) is 0.364. The molecule has 0 spiro atoms. The van der Waals surface area contributed by atoms with Gasteiger partial charge < -0.3 is 10.4 Å². The van der Waals surface area contributed by atoms with Gasteiger partial charge in [0.25, 0.3) is 5.91 Å². The molecule has 0 heterocycles. The second kappa shape index (κ2) is 5.28. The van der Waals surface area contributed by atoms with Crippen molar-refractivity contribution in [3.8, 4) is 0 Å². The van der Waals surface area contributed by atoms with Gasteiger partial charge in [0.2, 0.25) is 0 Å². The molecule has 1 amide bonds. The molecule has 0 aromatic heterocycles. The zero-order chi connectivity index (χ0) is 11.4. The van der Waals surface area contributed by atoms with Gasteiger partial charge in [-0.05, 0) is 31.5 Å². The molecule has 0 unspecified atom stereocenters. The lowest BCUT2D eigenvalue weighted by Crippen LogP contribution is -2.35. The summed E-state index contributed by atoms with van der Waals surface area (Å²) < 4.78 is 0.909. The molecule has 0 aliphatic heterocycles. The van der Waals surface area contributed by atoms with Gasteiger partial charge in [0.1, 0.15) is 0 Å². The van der Waals surface area contributed by atoms with Gasteiger partial charge in [-0.3, -0.25) is 4.79 Å². The van der Waals surface area contributed by atoms with Crippen molar-refractivity contribution in [3.63, 3.8) is 0 Å². The molecular weight excluding hydrogens is 258 g/mol. The zero-order valence-electron chi connectivity index (χ0n) is 8.75. The molecule has 4 heteroatoms. The van der Waals surface area contributed by atoms with Crippen molar-refractivity contribution in [2.45, 2.75) is 19.9 Å². The van der Waals surface area contributed by atoms with Crippen LogP contribution in [0.4, 0.5) is 0 Å². The Hall–Kier alpha value is -0.870. The Balaban J connectivity index is 2.87. The first-order chi connectivity index (χ1) is 7.06. The number of hydrogen-bond acceptors (Lipinski definition) is 2. The van der Waals surface area contributed by atoms with Gasteiger partial charge in [-0.2, -0.15) is 0 Å². The minimum atomic E-state index is -0.226. The lowest BCUT2D eigenvalue weighted by atomic mass is 10.1. The van der Waals surface area contributed by atoms with Crippen LogP contribution in [0.1, 0.15) is 22.8 Å². The normalized spacial score (nSPS) is 12.3. The maximum atomic E-state index is 11.7. The van der Waals surface area contributed by atoms with Crippen molar-refractivity contribution < 1.29 is 9.90 Å². The molecule has 1 rings (SSSR count). The number of halogens is 1. The highest BCUT2D eigenvalue weighted by Gasteiger charge is 2.12. The van der Waals surface area contributed by atoms with E-state index < -0.39 is 0 Å². The summed E-state index contributed by atoms with van der Waals surface area (Å²) in [5.41, 5.74) is 1.53. The third-order valence-corrected chi connectivity index (χ3v) is 3.02. The summed E-state index contributed by atoms with van der Waals surface area (Å²) in [6.45, 7) is 3.58. The summed E-state index contributed by atoms with van der Waals surface area (Å²) in [5, 5.41) is 11.5. The Labute approximate surface area is 97.6 Å². The van der Waals surface area contributed by atoms with Crippen molar-refractivity contribution in [1.29, 1.82) is 0 Å². The lowest BCUT2D eigenvalue weighted by molar-refractivity contribution is 0.0921. The standard InChI is InChI=1S/C11H14BrNO2/c1-7(6-14)13-11(15)9-4-3-5-10(12)8(9)2/h3-5,7,14H,6H2,1-2H3,(H,13,15)/t7-/m0/s1. The van der Waals surface area contributed by atoms with E-state index in [0.717, 1.165) is 10.0 Å². The van der Waals surface area contributed by atoms with E-state index in [1.807, 2.05) is 19.1 Å². The van der Waals surface area contributed by atoms with Crippen LogP contribution in [-0.4, -0.2) is 23.7 Å². The molecule has 0 aliphatic carbocycles. The van der Waals surface area contributed by atoms with Crippen molar-refractivity contribution in [3.05, 3.63) is 33.8 Å². The zero-order valence-corrected chi connectivity index (χ0v) is 10.3. The van der Waals surface area contributed by atoms with E-state index in [4.69, 9.17) is 5.11 Å². The van der Waals surface area contributed by atoms with E-state index in [1.165, 1.54) is 0 Å². The van der Waals surface area contributed by atoms with Gasteiger partial charge in [0.05, 0.1) is 6.61 Å². The van der Waals surface area contributed by atoms with Gasteiger partial charge >= 0.3 is 0 Å². The predicted molar refractivity (Wildman–Crippen MR) is 62.9 cm³/mol. The first-order valence-corrected chi connectivity index (χ1v) is 5.52. The highest BCUT2D eigenvalue weighted by atomic mass is 79.9. The van der Waals surface area contributed by atoms with Crippen LogP contribution in [0, 0.1) is 6.92 Å². The highest BCUT2D eigenvalue weighted by Crippen LogP contribution is 2.19. The summed E-state index contributed by atoms with van der Waals surface area (Å²) in [5.74, 6) is -0.157. The van der Waals surface area contributed by atoms with Gasteiger partial charge in [-0.25, -0.2) is 0 Å². The molecule has 82 valence electrons.